The summed E-state index contributed by atoms with van der Waals surface area (Å²) >= 11 is 3.21. The smallest absolute Gasteiger partial charge is 0.263 e. The van der Waals surface area contributed by atoms with Gasteiger partial charge in [0, 0.05) is 23.2 Å². The fourth-order valence-corrected chi connectivity index (χ4v) is 5.85. The number of fused-ring (bicyclic) bond motifs is 3. The Hall–Kier alpha value is -2.32. The van der Waals surface area contributed by atoms with Crippen molar-refractivity contribution in [3.63, 3.8) is 0 Å². The summed E-state index contributed by atoms with van der Waals surface area (Å²) in [4.78, 5) is 20.3. The molecule has 1 aliphatic rings. The second-order valence-corrected chi connectivity index (χ2v) is 8.86. The molecule has 8 heteroatoms. The molecule has 0 saturated heterocycles. The van der Waals surface area contributed by atoms with Crippen molar-refractivity contribution in [3.8, 4) is 11.5 Å². The standard InChI is InChI=1S/C20H19N3O3S2/c1-2-8-23-19(24)17-13-5-3-7-16(13)28-18(17)21-20(23)27-11-12-10-15(26-22-12)14-6-4-9-25-14/h4,6,9-10H,2-3,5,7-8,11H2,1H3. The van der Waals surface area contributed by atoms with Gasteiger partial charge in [-0.05, 0) is 43.4 Å². The highest BCUT2D eigenvalue weighted by Gasteiger charge is 2.23. The lowest BCUT2D eigenvalue weighted by Crippen LogP contribution is -2.23. The van der Waals surface area contributed by atoms with Crippen molar-refractivity contribution >= 4 is 33.3 Å². The van der Waals surface area contributed by atoms with Crippen LogP contribution in [0.1, 0.15) is 35.9 Å². The molecule has 144 valence electrons. The average Bonchev–Trinajstić information content (AvgIpc) is 3.46. The predicted octanol–water partition coefficient (Wildman–Crippen LogP) is 4.90. The highest BCUT2D eigenvalue weighted by Crippen LogP contribution is 2.36. The van der Waals surface area contributed by atoms with Crippen molar-refractivity contribution in [2.24, 2.45) is 0 Å². The first-order valence-corrected chi connectivity index (χ1v) is 11.2. The number of aryl methyl sites for hydroxylation is 2. The zero-order valence-electron chi connectivity index (χ0n) is 15.4. The van der Waals surface area contributed by atoms with Crippen LogP contribution in [0.5, 0.6) is 0 Å². The molecule has 0 spiro atoms. The van der Waals surface area contributed by atoms with Gasteiger partial charge < -0.3 is 8.94 Å². The van der Waals surface area contributed by atoms with E-state index in [-0.39, 0.29) is 5.56 Å². The minimum absolute atomic E-state index is 0.102. The van der Waals surface area contributed by atoms with Gasteiger partial charge in [-0.3, -0.25) is 9.36 Å². The molecule has 0 saturated carbocycles. The quantitative estimate of drug-likeness (QED) is 0.331. The summed E-state index contributed by atoms with van der Waals surface area (Å²) < 4.78 is 12.5. The number of nitrogens with zero attached hydrogens (tertiary/aromatic N) is 3. The van der Waals surface area contributed by atoms with E-state index in [0.29, 0.717) is 23.8 Å². The Labute approximate surface area is 169 Å². The Bertz CT molecular complexity index is 1190. The molecule has 0 N–H and O–H groups in total. The summed E-state index contributed by atoms with van der Waals surface area (Å²) in [6.07, 6.45) is 5.71. The van der Waals surface area contributed by atoms with Crippen molar-refractivity contribution in [2.75, 3.05) is 0 Å². The molecule has 6 nitrogen and oxygen atoms in total. The number of thioether (sulfide) groups is 1. The van der Waals surface area contributed by atoms with Crippen LogP contribution in [0.15, 0.2) is 43.4 Å². The zero-order valence-corrected chi connectivity index (χ0v) is 17.1. The molecule has 5 rings (SSSR count). The Morgan fingerprint density at radius 2 is 2.25 bits per heavy atom. The predicted molar refractivity (Wildman–Crippen MR) is 110 cm³/mol. The molecular weight excluding hydrogens is 394 g/mol. The Morgan fingerprint density at radius 1 is 1.32 bits per heavy atom. The van der Waals surface area contributed by atoms with Gasteiger partial charge in [0.25, 0.3) is 5.56 Å². The Balaban J connectivity index is 1.47. The number of thiophene rings is 1. The lowest BCUT2D eigenvalue weighted by Gasteiger charge is -2.10. The molecule has 4 aromatic rings. The van der Waals surface area contributed by atoms with Crippen LogP contribution in [0.3, 0.4) is 0 Å². The molecule has 1 aliphatic carbocycles. The molecule has 0 unspecified atom stereocenters. The molecule has 4 heterocycles. The molecule has 0 aromatic carbocycles. The highest BCUT2D eigenvalue weighted by molar-refractivity contribution is 7.98. The second kappa shape index (κ2) is 7.25. The fourth-order valence-electron chi connectivity index (χ4n) is 3.64. The van der Waals surface area contributed by atoms with E-state index in [9.17, 15) is 4.79 Å². The third-order valence-corrected chi connectivity index (χ3v) is 7.10. The van der Waals surface area contributed by atoms with Gasteiger partial charge in [0.05, 0.1) is 17.3 Å². The van der Waals surface area contributed by atoms with Gasteiger partial charge in [0.1, 0.15) is 4.83 Å². The van der Waals surface area contributed by atoms with E-state index in [1.54, 1.807) is 17.6 Å². The van der Waals surface area contributed by atoms with Crippen LogP contribution < -0.4 is 5.56 Å². The fraction of sp³-hybridized carbons (Fsp3) is 0.350. The third-order valence-electron chi connectivity index (χ3n) is 4.91. The van der Waals surface area contributed by atoms with E-state index in [1.807, 2.05) is 22.8 Å². The molecule has 28 heavy (non-hydrogen) atoms. The zero-order chi connectivity index (χ0) is 19.1. The maximum absolute atomic E-state index is 13.2. The molecule has 4 aromatic heterocycles. The van der Waals surface area contributed by atoms with Gasteiger partial charge in [-0.15, -0.1) is 11.3 Å². The van der Waals surface area contributed by atoms with Crippen molar-refractivity contribution in [3.05, 3.63) is 51.0 Å². The van der Waals surface area contributed by atoms with Crippen molar-refractivity contribution < 1.29 is 8.94 Å². The van der Waals surface area contributed by atoms with Crippen LogP contribution in [0.4, 0.5) is 0 Å². The van der Waals surface area contributed by atoms with Crippen molar-refractivity contribution in [1.29, 1.82) is 0 Å². The third kappa shape index (κ3) is 3.00. The van der Waals surface area contributed by atoms with Crippen LogP contribution in [0, 0.1) is 0 Å². The van der Waals surface area contributed by atoms with E-state index in [1.165, 1.54) is 22.2 Å². The van der Waals surface area contributed by atoms with E-state index < -0.39 is 0 Å². The van der Waals surface area contributed by atoms with Crippen molar-refractivity contribution in [1.82, 2.24) is 14.7 Å². The Morgan fingerprint density at radius 3 is 3.07 bits per heavy atom. The van der Waals surface area contributed by atoms with Gasteiger partial charge in [0.2, 0.25) is 5.76 Å². The number of rotatable bonds is 6. The van der Waals surface area contributed by atoms with Gasteiger partial charge in [0.15, 0.2) is 10.9 Å². The number of hydrogen-bond donors (Lipinski definition) is 0. The van der Waals surface area contributed by atoms with E-state index >= 15 is 0 Å². The molecule has 0 atom stereocenters. The minimum atomic E-state index is 0.102. The number of hydrogen-bond acceptors (Lipinski definition) is 7. The van der Waals surface area contributed by atoms with Gasteiger partial charge in [-0.2, -0.15) is 0 Å². The summed E-state index contributed by atoms with van der Waals surface area (Å²) in [5.74, 6) is 1.83. The van der Waals surface area contributed by atoms with Crippen LogP contribution in [0.25, 0.3) is 21.7 Å². The SMILES string of the molecule is CCCn1c(SCc2cc(-c3ccco3)on2)nc2sc3c(c2c1=O)CCC3. The Kier molecular flexibility index (Phi) is 4.60. The van der Waals surface area contributed by atoms with Crippen LogP contribution >= 0.6 is 23.1 Å². The largest absolute Gasteiger partial charge is 0.461 e. The number of furan rings is 1. The normalized spacial score (nSPS) is 13.5. The summed E-state index contributed by atoms with van der Waals surface area (Å²) in [5.41, 5.74) is 2.13. The van der Waals surface area contributed by atoms with Crippen LogP contribution in [-0.4, -0.2) is 14.7 Å². The summed E-state index contributed by atoms with van der Waals surface area (Å²) in [7, 11) is 0. The van der Waals surface area contributed by atoms with Crippen molar-refractivity contribution in [2.45, 2.75) is 50.1 Å². The maximum Gasteiger partial charge on any atom is 0.263 e. The van der Waals surface area contributed by atoms with Gasteiger partial charge >= 0.3 is 0 Å². The summed E-state index contributed by atoms with van der Waals surface area (Å²) in [6.45, 7) is 2.75. The van der Waals surface area contributed by atoms with E-state index in [4.69, 9.17) is 13.9 Å². The summed E-state index contributed by atoms with van der Waals surface area (Å²) in [6, 6.07) is 5.52. The molecule has 0 radical (unpaired) electrons. The molecule has 0 amide bonds. The monoisotopic (exact) mass is 413 g/mol. The molecule has 0 bridgehead atoms. The van der Waals surface area contributed by atoms with E-state index in [0.717, 1.165) is 46.8 Å². The summed E-state index contributed by atoms with van der Waals surface area (Å²) in [5, 5.41) is 5.72. The lowest BCUT2D eigenvalue weighted by molar-refractivity contribution is 0.413. The molecular formula is C20H19N3O3S2. The topological polar surface area (TPSA) is 74.1 Å². The molecule has 0 aliphatic heterocycles. The lowest BCUT2D eigenvalue weighted by atomic mass is 10.2. The first-order valence-electron chi connectivity index (χ1n) is 9.42. The van der Waals surface area contributed by atoms with Gasteiger partial charge in [-0.25, -0.2) is 4.98 Å². The first kappa shape index (κ1) is 17.8. The van der Waals surface area contributed by atoms with Crippen LogP contribution in [-0.2, 0) is 25.1 Å². The maximum atomic E-state index is 13.2. The van der Waals surface area contributed by atoms with Gasteiger partial charge in [-0.1, -0.05) is 23.8 Å². The number of aromatic nitrogens is 3. The van der Waals surface area contributed by atoms with Crippen LogP contribution in [0.2, 0.25) is 0 Å². The molecule has 0 fully saturated rings. The highest BCUT2D eigenvalue weighted by atomic mass is 32.2. The first-order chi connectivity index (χ1) is 13.7. The van der Waals surface area contributed by atoms with E-state index in [2.05, 4.69) is 12.1 Å². The second-order valence-electron chi connectivity index (χ2n) is 6.84. The minimum Gasteiger partial charge on any atom is -0.461 e. The average molecular weight is 414 g/mol.